The number of hydrogen-bond acceptors (Lipinski definition) is 3. The molecule has 5 nitrogen and oxygen atoms in total. The number of aliphatic carboxylic acids is 1. The SMILES string of the molecule is CC(C)C(NCc1ccc(C(=O)O)cc1)C(=O)O. The molecule has 0 saturated heterocycles. The molecule has 1 atom stereocenters. The highest BCUT2D eigenvalue weighted by atomic mass is 16.4. The van der Waals surface area contributed by atoms with Crippen LogP contribution in [0, 0.1) is 5.92 Å². The van der Waals surface area contributed by atoms with E-state index in [2.05, 4.69) is 5.32 Å². The zero-order chi connectivity index (χ0) is 13.7. The number of benzene rings is 1. The number of carboxylic acids is 2. The van der Waals surface area contributed by atoms with Crippen molar-refractivity contribution in [1.82, 2.24) is 5.32 Å². The Labute approximate surface area is 105 Å². The Morgan fingerprint density at radius 2 is 1.72 bits per heavy atom. The first-order valence-corrected chi connectivity index (χ1v) is 5.70. The minimum atomic E-state index is -0.972. The van der Waals surface area contributed by atoms with Gasteiger partial charge in [0.05, 0.1) is 5.56 Å². The fourth-order valence-electron chi connectivity index (χ4n) is 1.60. The van der Waals surface area contributed by atoms with Gasteiger partial charge < -0.3 is 15.5 Å². The van der Waals surface area contributed by atoms with Gasteiger partial charge in [0.25, 0.3) is 0 Å². The van der Waals surface area contributed by atoms with E-state index in [4.69, 9.17) is 10.2 Å². The summed E-state index contributed by atoms with van der Waals surface area (Å²) >= 11 is 0. The molecule has 0 radical (unpaired) electrons. The number of carboxylic acid groups (broad SMARTS) is 2. The van der Waals surface area contributed by atoms with Gasteiger partial charge in [0.1, 0.15) is 6.04 Å². The molecule has 1 aromatic carbocycles. The van der Waals surface area contributed by atoms with E-state index in [9.17, 15) is 9.59 Å². The van der Waals surface area contributed by atoms with E-state index in [1.165, 1.54) is 12.1 Å². The smallest absolute Gasteiger partial charge is 0.335 e. The van der Waals surface area contributed by atoms with E-state index >= 15 is 0 Å². The van der Waals surface area contributed by atoms with E-state index < -0.39 is 18.0 Å². The minimum Gasteiger partial charge on any atom is -0.480 e. The summed E-state index contributed by atoms with van der Waals surface area (Å²) in [6.45, 7) is 4.06. The molecule has 1 aromatic rings. The van der Waals surface area contributed by atoms with Gasteiger partial charge >= 0.3 is 11.9 Å². The lowest BCUT2D eigenvalue weighted by Crippen LogP contribution is -2.40. The summed E-state index contributed by atoms with van der Waals surface area (Å²) in [6.07, 6.45) is 0. The second-order valence-electron chi connectivity index (χ2n) is 4.44. The Bertz CT molecular complexity index is 425. The molecule has 1 rings (SSSR count). The maximum absolute atomic E-state index is 11.0. The lowest BCUT2D eigenvalue weighted by atomic mass is 10.0. The fraction of sp³-hybridized carbons (Fsp3) is 0.385. The van der Waals surface area contributed by atoms with Crippen LogP contribution >= 0.6 is 0 Å². The highest BCUT2D eigenvalue weighted by Crippen LogP contribution is 2.07. The lowest BCUT2D eigenvalue weighted by molar-refractivity contribution is -0.140. The Morgan fingerprint density at radius 3 is 2.11 bits per heavy atom. The van der Waals surface area contributed by atoms with Crippen LogP contribution in [0.3, 0.4) is 0 Å². The van der Waals surface area contributed by atoms with Crippen molar-refractivity contribution in [2.75, 3.05) is 0 Å². The van der Waals surface area contributed by atoms with E-state index in [0.29, 0.717) is 6.54 Å². The molecule has 5 heteroatoms. The van der Waals surface area contributed by atoms with Crippen molar-refractivity contribution in [3.63, 3.8) is 0 Å². The maximum Gasteiger partial charge on any atom is 0.335 e. The summed E-state index contributed by atoms with van der Waals surface area (Å²) in [5.41, 5.74) is 1.07. The number of rotatable bonds is 6. The van der Waals surface area contributed by atoms with Crippen molar-refractivity contribution in [3.8, 4) is 0 Å². The fourth-order valence-corrected chi connectivity index (χ4v) is 1.60. The highest BCUT2D eigenvalue weighted by Gasteiger charge is 2.20. The molecule has 0 aromatic heterocycles. The summed E-state index contributed by atoms with van der Waals surface area (Å²) in [7, 11) is 0. The third-order valence-electron chi connectivity index (χ3n) is 2.66. The molecular formula is C13H17NO4. The van der Waals surface area contributed by atoms with Gasteiger partial charge in [0.2, 0.25) is 0 Å². The Kier molecular flexibility index (Phi) is 4.85. The summed E-state index contributed by atoms with van der Waals surface area (Å²) in [5.74, 6) is -1.87. The monoisotopic (exact) mass is 251 g/mol. The summed E-state index contributed by atoms with van der Waals surface area (Å²) < 4.78 is 0. The quantitative estimate of drug-likeness (QED) is 0.714. The summed E-state index contributed by atoms with van der Waals surface area (Å²) in [5, 5.41) is 20.7. The van der Waals surface area contributed by atoms with Gasteiger partial charge in [-0.25, -0.2) is 4.79 Å². The number of aromatic carboxylic acids is 1. The van der Waals surface area contributed by atoms with Gasteiger partial charge in [0, 0.05) is 6.54 Å². The number of carbonyl (C=O) groups is 2. The van der Waals surface area contributed by atoms with Crippen LogP contribution in [-0.2, 0) is 11.3 Å². The first kappa shape index (κ1) is 14.2. The van der Waals surface area contributed by atoms with Crippen molar-refractivity contribution >= 4 is 11.9 Å². The van der Waals surface area contributed by atoms with Crippen LogP contribution in [0.25, 0.3) is 0 Å². The van der Waals surface area contributed by atoms with Gasteiger partial charge in [-0.2, -0.15) is 0 Å². The van der Waals surface area contributed by atoms with Crippen molar-refractivity contribution in [3.05, 3.63) is 35.4 Å². The van der Waals surface area contributed by atoms with Crippen LogP contribution in [0.1, 0.15) is 29.8 Å². The molecular weight excluding hydrogens is 234 g/mol. The molecule has 3 N–H and O–H groups in total. The molecule has 0 bridgehead atoms. The summed E-state index contributed by atoms with van der Waals surface area (Å²) in [6, 6.07) is 5.75. The predicted molar refractivity (Wildman–Crippen MR) is 66.5 cm³/mol. The summed E-state index contributed by atoms with van der Waals surface area (Å²) in [4.78, 5) is 21.6. The molecule has 0 amide bonds. The average molecular weight is 251 g/mol. The van der Waals surface area contributed by atoms with E-state index in [1.54, 1.807) is 12.1 Å². The molecule has 0 aliphatic carbocycles. The Hall–Kier alpha value is -1.88. The Morgan fingerprint density at radius 1 is 1.17 bits per heavy atom. The first-order valence-electron chi connectivity index (χ1n) is 5.70. The molecule has 0 aliphatic heterocycles. The van der Waals surface area contributed by atoms with Gasteiger partial charge in [-0.15, -0.1) is 0 Å². The van der Waals surface area contributed by atoms with E-state index in [0.717, 1.165) is 5.56 Å². The second kappa shape index (κ2) is 6.16. The van der Waals surface area contributed by atoms with Crippen LogP contribution in [0.2, 0.25) is 0 Å². The van der Waals surface area contributed by atoms with E-state index in [1.807, 2.05) is 13.8 Å². The molecule has 1 unspecified atom stereocenters. The van der Waals surface area contributed by atoms with Gasteiger partial charge in [-0.3, -0.25) is 4.79 Å². The number of hydrogen-bond donors (Lipinski definition) is 3. The molecule has 0 heterocycles. The maximum atomic E-state index is 11.0. The van der Waals surface area contributed by atoms with Crippen LogP contribution < -0.4 is 5.32 Å². The van der Waals surface area contributed by atoms with E-state index in [-0.39, 0.29) is 11.5 Å². The van der Waals surface area contributed by atoms with Gasteiger partial charge in [-0.05, 0) is 23.6 Å². The third kappa shape index (κ3) is 3.85. The lowest BCUT2D eigenvalue weighted by Gasteiger charge is -2.17. The predicted octanol–water partition coefficient (Wildman–Crippen LogP) is 1.58. The van der Waals surface area contributed by atoms with Crippen LogP contribution in [0.5, 0.6) is 0 Å². The largest absolute Gasteiger partial charge is 0.480 e. The van der Waals surface area contributed by atoms with Crippen molar-refractivity contribution in [2.45, 2.75) is 26.4 Å². The van der Waals surface area contributed by atoms with Crippen molar-refractivity contribution < 1.29 is 19.8 Å². The van der Waals surface area contributed by atoms with Crippen molar-refractivity contribution in [2.24, 2.45) is 5.92 Å². The number of nitrogens with one attached hydrogen (secondary N) is 1. The molecule has 0 saturated carbocycles. The molecule has 0 spiro atoms. The van der Waals surface area contributed by atoms with Crippen LogP contribution in [-0.4, -0.2) is 28.2 Å². The first-order chi connectivity index (χ1) is 8.41. The zero-order valence-electron chi connectivity index (χ0n) is 10.4. The topological polar surface area (TPSA) is 86.6 Å². The van der Waals surface area contributed by atoms with Crippen molar-refractivity contribution in [1.29, 1.82) is 0 Å². The van der Waals surface area contributed by atoms with Crippen LogP contribution in [0.15, 0.2) is 24.3 Å². The normalized spacial score (nSPS) is 12.4. The van der Waals surface area contributed by atoms with Crippen LogP contribution in [0.4, 0.5) is 0 Å². The second-order valence-corrected chi connectivity index (χ2v) is 4.44. The van der Waals surface area contributed by atoms with Gasteiger partial charge in [-0.1, -0.05) is 26.0 Å². The zero-order valence-corrected chi connectivity index (χ0v) is 10.4. The Balaban J connectivity index is 2.62. The average Bonchev–Trinajstić information content (AvgIpc) is 2.28. The minimum absolute atomic E-state index is 0.0132. The third-order valence-corrected chi connectivity index (χ3v) is 2.66. The standard InChI is InChI=1S/C13H17NO4/c1-8(2)11(13(17)18)14-7-9-3-5-10(6-4-9)12(15)16/h3-6,8,11,14H,7H2,1-2H3,(H,15,16)(H,17,18). The molecule has 0 aliphatic rings. The van der Waals surface area contributed by atoms with Gasteiger partial charge in [0.15, 0.2) is 0 Å². The molecule has 18 heavy (non-hydrogen) atoms. The molecule has 0 fully saturated rings. The highest BCUT2D eigenvalue weighted by molar-refractivity contribution is 5.87. The molecule has 98 valence electrons.